The highest BCUT2D eigenvalue weighted by Gasteiger charge is 2.35. The van der Waals surface area contributed by atoms with Gasteiger partial charge in [0.1, 0.15) is 6.54 Å². The van der Waals surface area contributed by atoms with Gasteiger partial charge in [-0.25, -0.2) is 0 Å². The van der Waals surface area contributed by atoms with Gasteiger partial charge >= 0.3 is 0 Å². The molecule has 1 aromatic rings. The number of thioether (sulfide) groups is 1. The highest BCUT2D eigenvalue weighted by Crippen LogP contribution is 2.26. The van der Waals surface area contributed by atoms with Crippen LogP contribution in [0.4, 0.5) is 0 Å². The van der Waals surface area contributed by atoms with Crippen LogP contribution in [0, 0.1) is 0 Å². The van der Waals surface area contributed by atoms with Crippen molar-refractivity contribution in [2.45, 2.75) is 12.0 Å². The van der Waals surface area contributed by atoms with E-state index >= 15 is 0 Å². The Hall–Kier alpha value is -1.24. The predicted molar refractivity (Wildman–Crippen MR) is 90.0 cm³/mol. The average Bonchev–Trinajstić information content (AvgIpc) is 3.07. The summed E-state index contributed by atoms with van der Waals surface area (Å²) in [5.74, 6) is 1.33. The van der Waals surface area contributed by atoms with E-state index in [1.165, 1.54) is 5.56 Å². The number of nitrogens with zero attached hydrogens (tertiary/aromatic N) is 2. The largest absolute Gasteiger partial charge is 0.339 e. The van der Waals surface area contributed by atoms with Crippen molar-refractivity contribution in [1.82, 2.24) is 9.80 Å². The summed E-state index contributed by atoms with van der Waals surface area (Å²) in [6, 6.07) is 10.0. The zero-order valence-corrected chi connectivity index (χ0v) is 13.8. The van der Waals surface area contributed by atoms with E-state index in [0.717, 1.165) is 0 Å². The molecule has 2 aliphatic rings. The molecule has 2 N–H and O–H groups in total. The van der Waals surface area contributed by atoms with Crippen molar-refractivity contribution in [2.75, 3.05) is 31.3 Å². The number of benzene rings is 1. The van der Waals surface area contributed by atoms with Gasteiger partial charge < -0.3 is 15.5 Å². The van der Waals surface area contributed by atoms with Gasteiger partial charge in [-0.3, -0.25) is 9.59 Å². The number of carbonyl (C=O) groups is 2. The molecule has 0 aromatic heterocycles. The van der Waals surface area contributed by atoms with Crippen LogP contribution in [0.3, 0.4) is 0 Å². The fraction of sp³-hybridized carbons (Fsp3) is 0.467. The Morgan fingerprint density at radius 2 is 2.00 bits per heavy atom. The molecule has 2 amide bonds. The van der Waals surface area contributed by atoms with Gasteiger partial charge in [0.05, 0.1) is 11.6 Å². The molecule has 7 heteroatoms. The molecule has 0 aliphatic carbocycles. The summed E-state index contributed by atoms with van der Waals surface area (Å²) in [6.07, 6.45) is 0. The summed E-state index contributed by atoms with van der Waals surface area (Å²) in [5.41, 5.74) is 7.37. The van der Waals surface area contributed by atoms with Crippen molar-refractivity contribution >= 4 is 36.0 Å². The number of carbonyl (C=O) groups excluding carboxylic acids is 2. The van der Waals surface area contributed by atoms with Crippen LogP contribution in [0.1, 0.15) is 11.5 Å². The smallest absolute Gasteiger partial charge is 0.242 e. The van der Waals surface area contributed by atoms with Crippen molar-refractivity contribution in [3.8, 4) is 0 Å². The van der Waals surface area contributed by atoms with Gasteiger partial charge in [0.2, 0.25) is 11.8 Å². The molecule has 0 unspecified atom stereocenters. The standard InChI is InChI=1S/C15H19N3O2S.ClH/c16-13-7-17(6-12(13)11-4-2-1-3-5-11)14(19)8-18-10-21-9-15(18)20;/h1-5,12-13H,6-10,16H2;1H/t12-,13+;/m0./s1. The molecule has 2 fully saturated rings. The van der Waals surface area contributed by atoms with Gasteiger partial charge in [-0.15, -0.1) is 24.2 Å². The third kappa shape index (κ3) is 3.56. The van der Waals surface area contributed by atoms with Crippen molar-refractivity contribution in [3.05, 3.63) is 35.9 Å². The van der Waals surface area contributed by atoms with E-state index in [1.807, 2.05) is 18.2 Å². The van der Waals surface area contributed by atoms with Gasteiger partial charge in [0, 0.05) is 25.0 Å². The number of nitrogens with two attached hydrogens (primary N) is 1. The zero-order valence-electron chi connectivity index (χ0n) is 12.2. The van der Waals surface area contributed by atoms with Crippen LogP contribution in [0.25, 0.3) is 0 Å². The highest BCUT2D eigenvalue weighted by atomic mass is 35.5. The molecule has 2 aliphatic heterocycles. The molecule has 2 heterocycles. The molecule has 22 heavy (non-hydrogen) atoms. The van der Waals surface area contributed by atoms with Gasteiger partial charge in [-0.1, -0.05) is 30.3 Å². The number of rotatable bonds is 3. The Labute approximate surface area is 140 Å². The second-order valence-electron chi connectivity index (χ2n) is 5.55. The van der Waals surface area contributed by atoms with Gasteiger partial charge in [-0.2, -0.15) is 0 Å². The number of hydrogen-bond acceptors (Lipinski definition) is 4. The number of hydrogen-bond donors (Lipinski definition) is 1. The number of likely N-dealkylation sites (tertiary alicyclic amines) is 1. The molecule has 0 spiro atoms. The molecule has 0 bridgehead atoms. The van der Waals surface area contributed by atoms with Crippen molar-refractivity contribution < 1.29 is 9.59 Å². The maximum absolute atomic E-state index is 12.3. The van der Waals surface area contributed by atoms with Crippen LogP contribution in [-0.2, 0) is 9.59 Å². The third-order valence-corrected chi connectivity index (χ3v) is 5.04. The first-order chi connectivity index (χ1) is 10.1. The van der Waals surface area contributed by atoms with E-state index in [2.05, 4.69) is 12.1 Å². The van der Waals surface area contributed by atoms with Crippen LogP contribution in [0.2, 0.25) is 0 Å². The van der Waals surface area contributed by atoms with E-state index in [1.54, 1.807) is 21.6 Å². The van der Waals surface area contributed by atoms with Crippen molar-refractivity contribution in [3.63, 3.8) is 0 Å². The molecule has 5 nitrogen and oxygen atoms in total. The molecular weight excluding hydrogens is 322 g/mol. The molecular formula is C15H20ClN3O2S. The molecule has 3 rings (SSSR count). The van der Waals surface area contributed by atoms with E-state index < -0.39 is 0 Å². The summed E-state index contributed by atoms with van der Waals surface area (Å²) in [4.78, 5) is 27.3. The Morgan fingerprint density at radius 1 is 1.27 bits per heavy atom. The summed E-state index contributed by atoms with van der Waals surface area (Å²) < 4.78 is 0. The van der Waals surface area contributed by atoms with E-state index in [0.29, 0.717) is 24.7 Å². The first-order valence-corrected chi connectivity index (χ1v) is 8.24. The summed E-state index contributed by atoms with van der Waals surface area (Å²) in [5, 5.41) is 0. The van der Waals surface area contributed by atoms with Crippen molar-refractivity contribution in [2.24, 2.45) is 5.73 Å². The van der Waals surface area contributed by atoms with Crippen LogP contribution < -0.4 is 5.73 Å². The van der Waals surface area contributed by atoms with Gasteiger partial charge in [0.25, 0.3) is 0 Å². The molecule has 0 radical (unpaired) electrons. The van der Waals surface area contributed by atoms with Crippen molar-refractivity contribution in [1.29, 1.82) is 0 Å². The zero-order chi connectivity index (χ0) is 14.8. The van der Waals surface area contributed by atoms with Crippen LogP contribution in [0.15, 0.2) is 30.3 Å². The van der Waals surface area contributed by atoms with Gasteiger partial charge in [0.15, 0.2) is 0 Å². The topological polar surface area (TPSA) is 66.6 Å². The Balaban J connectivity index is 0.00000176. The Morgan fingerprint density at radius 3 is 2.64 bits per heavy atom. The lowest BCUT2D eigenvalue weighted by atomic mass is 9.95. The number of amides is 2. The minimum atomic E-state index is -0.0417. The third-order valence-electron chi connectivity index (χ3n) is 4.10. The molecule has 0 saturated carbocycles. The highest BCUT2D eigenvalue weighted by molar-refractivity contribution is 8.00. The van der Waals surface area contributed by atoms with Crippen LogP contribution in [0.5, 0.6) is 0 Å². The molecule has 120 valence electrons. The SMILES string of the molecule is Cl.N[C@@H]1CN(C(=O)CN2CSCC2=O)C[C@H]1c1ccccc1. The molecule has 1 aromatic carbocycles. The summed E-state index contributed by atoms with van der Waals surface area (Å²) in [6.45, 7) is 1.38. The predicted octanol–water partition coefficient (Wildman–Crippen LogP) is 0.894. The van der Waals surface area contributed by atoms with E-state index in [4.69, 9.17) is 5.73 Å². The van der Waals surface area contributed by atoms with Crippen LogP contribution >= 0.6 is 24.2 Å². The normalized spacial score (nSPS) is 24.5. The maximum Gasteiger partial charge on any atom is 0.242 e. The Bertz CT molecular complexity index is 543. The van der Waals surface area contributed by atoms with E-state index in [-0.39, 0.29) is 42.7 Å². The second kappa shape index (κ2) is 7.35. The lowest BCUT2D eigenvalue weighted by molar-refractivity contribution is -0.137. The first kappa shape index (κ1) is 17.1. The second-order valence-corrected chi connectivity index (χ2v) is 6.50. The van der Waals surface area contributed by atoms with E-state index in [9.17, 15) is 9.59 Å². The van der Waals surface area contributed by atoms with Gasteiger partial charge in [-0.05, 0) is 5.56 Å². The fourth-order valence-corrected chi connectivity index (χ4v) is 3.79. The minimum absolute atomic E-state index is 0. The monoisotopic (exact) mass is 341 g/mol. The summed E-state index contributed by atoms with van der Waals surface area (Å²) in [7, 11) is 0. The maximum atomic E-state index is 12.3. The quantitative estimate of drug-likeness (QED) is 0.887. The average molecular weight is 342 g/mol. The fourth-order valence-electron chi connectivity index (χ4n) is 2.89. The summed E-state index contributed by atoms with van der Waals surface area (Å²) >= 11 is 1.55. The molecule has 2 saturated heterocycles. The lowest BCUT2D eigenvalue weighted by Crippen LogP contribution is -2.40. The first-order valence-electron chi connectivity index (χ1n) is 7.09. The van der Waals surface area contributed by atoms with Crippen LogP contribution in [-0.4, -0.2) is 58.9 Å². The Kier molecular flexibility index (Phi) is 5.72. The molecule has 2 atom stereocenters. The minimum Gasteiger partial charge on any atom is -0.339 e. The lowest BCUT2D eigenvalue weighted by Gasteiger charge is -2.20. The number of halogens is 1.